The van der Waals surface area contributed by atoms with Crippen molar-refractivity contribution < 1.29 is 24.6 Å². The number of halogens is 2. The molecule has 0 spiro atoms. The van der Waals surface area contributed by atoms with Crippen LogP contribution >= 0.6 is 23.2 Å². The number of benzene rings is 1. The number of aliphatic hydroxyl groups excluding tert-OH is 2. The van der Waals surface area contributed by atoms with Gasteiger partial charge in [-0.05, 0) is 24.6 Å². The molecule has 2 aliphatic heterocycles. The highest BCUT2D eigenvalue weighted by molar-refractivity contribution is 6.35. The van der Waals surface area contributed by atoms with Crippen molar-refractivity contribution in [2.45, 2.75) is 31.2 Å². The molecule has 1 aromatic rings. The van der Waals surface area contributed by atoms with E-state index < -0.39 is 23.7 Å². The minimum absolute atomic E-state index is 0.0312. The molecular weight excluding hydrogens is 461 g/mol. The second kappa shape index (κ2) is 10.7. The number of carbonyl (C=O) groups is 3. The summed E-state index contributed by atoms with van der Waals surface area (Å²) in [5.74, 6) is -1.14. The summed E-state index contributed by atoms with van der Waals surface area (Å²) in [5, 5.41) is 27.2. The maximum absolute atomic E-state index is 12.8. The minimum Gasteiger partial charge on any atom is -0.395 e. The molecule has 5 N–H and O–H groups in total. The molecule has 0 aromatic heterocycles. The summed E-state index contributed by atoms with van der Waals surface area (Å²) in [7, 11) is 0. The van der Waals surface area contributed by atoms with Crippen LogP contribution in [0.2, 0.25) is 10.0 Å². The van der Waals surface area contributed by atoms with Gasteiger partial charge in [-0.1, -0.05) is 23.2 Å². The van der Waals surface area contributed by atoms with Gasteiger partial charge in [-0.15, -0.1) is 0 Å². The monoisotopic (exact) mass is 487 g/mol. The summed E-state index contributed by atoms with van der Waals surface area (Å²) < 4.78 is 0. The maximum atomic E-state index is 12.8. The number of hydrogen-bond acceptors (Lipinski definition) is 7. The molecule has 2 heterocycles. The van der Waals surface area contributed by atoms with Gasteiger partial charge in [0.05, 0.1) is 13.0 Å². The molecule has 2 fully saturated rings. The zero-order chi connectivity index (χ0) is 23.3. The predicted molar refractivity (Wildman–Crippen MR) is 119 cm³/mol. The van der Waals surface area contributed by atoms with Crippen molar-refractivity contribution in [1.29, 1.82) is 0 Å². The smallest absolute Gasteiger partial charge is 0.244 e. The SMILES string of the molecule is O=C(CC1(CCC(=O)N2CCN(c3cc(Cl)cc(Cl)c3)CC2)NC(O)NC1=O)NCCO. The zero-order valence-corrected chi connectivity index (χ0v) is 19.0. The largest absolute Gasteiger partial charge is 0.395 e. The third kappa shape index (κ3) is 6.02. The topological polar surface area (TPSA) is 134 Å². The lowest BCUT2D eigenvalue weighted by Crippen LogP contribution is -2.53. The van der Waals surface area contributed by atoms with E-state index in [0.717, 1.165) is 5.69 Å². The molecule has 3 rings (SSSR count). The van der Waals surface area contributed by atoms with Crippen molar-refractivity contribution in [1.82, 2.24) is 20.9 Å². The Morgan fingerprint density at radius 2 is 1.81 bits per heavy atom. The van der Waals surface area contributed by atoms with Gasteiger partial charge in [0.25, 0.3) is 0 Å². The number of carbonyl (C=O) groups excluding carboxylic acids is 3. The molecule has 0 aliphatic carbocycles. The van der Waals surface area contributed by atoms with E-state index in [1.54, 1.807) is 11.0 Å². The lowest BCUT2D eigenvalue weighted by molar-refractivity contribution is -0.134. The number of amides is 3. The van der Waals surface area contributed by atoms with Gasteiger partial charge in [0.2, 0.25) is 17.7 Å². The first-order valence-corrected chi connectivity index (χ1v) is 11.1. The van der Waals surface area contributed by atoms with Gasteiger partial charge in [-0.3, -0.25) is 19.7 Å². The highest BCUT2D eigenvalue weighted by atomic mass is 35.5. The molecular formula is C20H27Cl2N5O5. The summed E-state index contributed by atoms with van der Waals surface area (Å²) in [4.78, 5) is 41.2. The van der Waals surface area contributed by atoms with Crippen LogP contribution in [-0.4, -0.2) is 84.1 Å². The van der Waals surface area contributed by atoms with Crippen molar-refractivity contribution in [3.05, 3.63) is 28.2 Å². The van der Waals surface area contributed by atoms with Crippen LogP contribution in [0.25, 0.3) is 0 Å². The Kier molecular flexibility index (Phi) is 8.18. The highest BCUT2D eigenvalue weighted by Gasteiger charge is 2.47. The number of hydrogen-bond donors (Lipinski definition) is 5. The van der Waals surface area contributed by atoms with Crippen LogP contribution < -0.4 is 20.9 Å². The van der Waals surface area contributed by atoms with Crippen LogP contribution in [0.5, 0.6) is 0 Å². The van der Waals surface area contributed by atoms with E-state index in [1.807, 2.05) is 12.1 Å². The van der Waals surface area contributed by atoms with Gasteiger partial charge >= 0.3 is 0 Å². The van der Waals surface area contributed by atoms with Gasteiger partial charge < -0.3 is 30.6 Å². The fraction of sp³-hybridized carbons (Fsp3) is 0.550. The molecule has 2 atom stereocenters. The number of aliphatic hydroxyl groups is 2. The van der Waals surface area contributed by atoms with Crippen LogP contribution in [0, 0.1) is 0 Å². The normalized spacial score (nSPS) is 23.2. The van der Waals surface area contributed by atoms with Crippen molar-refractivity contribution in [3.8, 4) is 0 Å². The van der Waals surface area contributed by atoms with E-state index in [9.17, 15) is 19.5 Å². The lowest BCUT2D eigenvalue weighted by atomic mass is 9.89. The first-order valence-electron chi connectivity index (χ1n) is 10.4. The van der Waals surface area contributed by atoms with Gasteiger partial charge in [0.1, 0.15) is 5.54 Å². The average Bonchev–Trinajstić information content (AvgIpc) is 3.02. The summed E-state index contributed by atoms with van der Waals surface area (Å²) in [5.41, 5.74) is -0.503. The van der Waals surface area contributed by atoms with Crippen molar-refractivity contribution >= 4 is 46.6 Å². The Bertz CT molecular complexity index is 845. The molecule has 10 nitrogen and oxygen atoms in total. The molecule has 2 aliphatic rings. The maximum Gasteiger partial charge on any atom is 0.244 e. The van der Waals surface area contributed by atoms with E-state index in [0.29, 0.717) is 36.2 Å². The molecule has 2 unspecified atom stereocenters. The minimum atomic E-state index is -1.39. The molecule has 1 aromatic carbocycles. The second-order valence-electron chi connectivity index (χ2n) is 7.85. The molecule has 2 saturated heterocycles. The fourth-order valence-electron chi connectivity index (χ4n) is 3.98. The van der Waals surface area contributed by atoms with E-state index in [4.69, 9.17) is 28.3 Å². The lowest BCUT2D eigenvalue weighted by Gasteiger charge is -2.37. The van der Waals surface area contributed by atoms with Gasteiger partial charge in [0.15, 0.2) is 6.35 Å². The molecule has 12 heteroatoms. The third-order valence-corrected chi connectivity index (χ3v) is 6.06. The molecule has 176 valence electrons. The number of rotatable bonds is 8. The number of anilines is 1. The van der Waals surface area contributed by atoms with Gasteiger partial charge in [-0.25, -0.2) is 0 Å². The van der Waals surface area contributed by atoms with Crippen LogP contribution in [-0.2, 0) is 14.4 Å². The number of piperazine rings is 1. The van der Waals surface area contributed by atoms with E-state index in [2.05, 4.69) is 20.9 Å². The third-order valence-electron chi connectivity index (χ3n) is 5.62. The summed E-state index contributed by atoms with van der Waals surface area (Å²) >= 11 is 12.2. The molecule has 32 heavy (non-hydrogen) atoms. The Balaban J connectivity index is 1.56. The molecule has 0 radical (unpaired) electrons. The van der Waals surface area contributed by atoms with Crippen LogP contribution in [0.15, 0.2) is 18.2 Å². The van der Waals surface area contributed by atoms with E-state index >= 15 is 0 Å². The molecule has 0 bridgehead atoms. The highest BCUT2D eigenvalue weighted by Crippen LogP contribution is 2.27. The predicted octanol–water partition coefficient (Wildman–Crippen LogP) is -0.345. The second-order valence-corrected chi connectivity index (χ2v) is 8.72. The van der Waals surface area contributed by atoms with Crippen molar-refractivity contribution in [2.75, 3.05) is 44.2 Å². The van der Waals surface area contributed by atoms with Gasteiger partial charge in [-0.2, -0.15) is 0 Å². The van der Waals surface area contributed by atoms with Crippen molar-refractivity contribution in [3.63, 3.8) is 0 Å². The van der Waals surface area contributed by atoms with Crippen LogP contribution in [0.3, 0.4) is 0 Å². The van der Waals surface area contributed by atoms with E-state index in [1.165, 1.54) is 0 Å². The molecule has 0 saturated carbocycles. The first-order chi connectivity index (χ1) is 15.2. The molecule has 3 amide bonds. The summed E-state index contributed by atoms with van der Waals surface area (Å²) in [6.45, 7) is 2.03. The quantitative estimate of drug-likeness (QED) is 0.338. The standard InChI is InChI=1S/C20H27Cl2N5O5/c21-13-9-14(22)11-15(10-13)26-4-6-27(7-5-26)17(30)1-2-20(12-16(29)23-3-8-28)18(31)24-19(32)25-20/h9-11,19,25,28,32H,1-8,12H2,(H,23,29)(H,24,31). The van der Waals surface area contributed by atoms with Crippen molar-refractivity contribution in [2.24, 2.45) is 0 Å². The summed E-state index contributed by atoms with van der Waals surface area (Å²) in [6.07, 6.45) is -1.47. The van der Waals surface area contributed by atoms with Crippen LogP contribution in [0.4, 0.5) is 5.69 Å². The Hall–Kier alpha value is -2.11. The number of nitrogens with one attached hydrogen (secondary N) is 3. The van der Waals surface area contributed by atoms with Gasteiger partial charge in [0, 0.05) is 54.9 Å². The Labute approximate surface area is 195 Å². The Morgan fingerprint density at radius 3 is 2.38 bits per heavy atom. The summed E-state index contributed by atoms with van der Waals surface area (Å²) in [6, 6.07) is 5.31. The fourth-order valence-corrected chi connectivity index (χ4v) is 4.49. The van der Waals surface area contributed by atoms with Crippen LogP contribution in [0.1, 0.15) is 19.3 Å². The zero-order valence-electron chi connectivity index (χ0n) is 17.4. The first kappa shape index (κ1) is 24.5. The van der Waals surface area contributed by atoms with E-state index in [-0.39, 0.29) is 38.3 Å². The average molecular weight is 488 g/mol. The Morgan fingerprint density at radius 1 is 1.16 bits per heavy atom. The number of nitrogens with zero attached hydrogens (tertiary/aromatic N) is 2.